The third-order valence-electron chi connectivity index (χ3n) is 12.6. The minimum absolute atomic E-state index is 0.869. The van der Waals surface area contributed by atoms with Crippen LogP contribution >= 0.6 is 0 Å². The molecular formula is C58H36N2O2. The molecule has 0 bridgehead atoms. The Bertz CT molecular complexity index is 3870. The van der Waals surface area contributed by atoms with E-state index in [4.69, 9.17) is 8.83 Å². The fourth-order valence-corrected chi connectivity index (χ4v) is 9.83. The molecule has 0 aliphatic carbocycles. The zero-order valence-electron chi connectivity index (χ0n) is 33.5. The first kappa shape index (κ1) is 34.5. The second-order valence-corrected chi connectivity index (χ2v) is 16.0. The molecule has 0 N–H and O–H groups in total. The molecule has 0 aliphatic rings. The number of hydrogen-bond donors (Lipinski definition) is 0. The molecule has 13 aromatic rings. The maximum Gasteiger partial charge on any atom is 0.159 e. The fourth-order valence-electron chi connectivity index (χ4n) is 9.83. The van der Waals surface area contributed by atoms with Crippen LogP contribution in [0.25, 0.3) is 87.0 Å². The van der Waals surface area contributed by atoms with Crippen LogP contribution < -0.4 is 9.80 Å². The van der Waals surface area contributed by atoms with Crippen molar-refractivity contribution >= 4 is 121 Å². The first-order valence-electron chi connectivity index (χ1n) is 21.1. The summed E-state index contributed by atoms with van der Waals surface area (Å²) in [6.45, 7) is 0. The number of anilines is 6. The summed E-state index contributed by atoms with van der Waals surface area (Å²) < 4.78 is 13.0. The summed E-state index contributed by atoms with van der Waals surface area (Å²) in [5, 5.41) is 14.2. The van der Waals surface area contributed by atoms with Gasteiger partial charge in [0.2, 0.25) is 0 Å². The van der Waals surface area contributed by atoms with Crippen molar-refractivity contribution in [3.05, 3.63) is 218 Å². The molecule has 4 nitrogen and oxygen atoms in total. The molecule has 13 rings (SSSR count). The number of fused-ring (bicyclic) bond motifs is 14. The molecule has 0 saturated carbocycles. The quantitative estimate of drug-likeness (QED) is 0.157. The van der Waals surface area contributed by atoms with Gasteiger partial charge in [-0.25, -0.2) is 0 Å². The van der Waals surface area contributed by atoms with Crippen molar-refractivity contribution in [1.82, 2.24) is 0 Å². The largest absolute Gasteiger partial charge is 0.456 e. The summed E-state index contributed by atoms with van der Waals surface area (Å²) >= 11 is 0. The van der Waals surface area contributed by atoms with Crippen LogP contribution in [0.5, 0.6) is 0 Å². The lowest BCUT2D eigenvalue weighted by atomic mass is 9.90. The molecule has 2 aromatic heterocycles. The Morgan fingerprint density at radius 2 is 0.758 bits per heavy atom. The van der Waals surface area contributed by atoms with Gasteiger partial charge in [0.05, 0.1) is 5.69 Å². The topological polar surface area (TPSA) is 32.8 Å². The molecule has 4 heteroatoms. The van der Waals surface area contributed by atoms with Crippen LogP contribution in [0.4, 0.5) is 34.1 Å². The monoisotopic (exact) mass is 792 g/mol. The Labute approximate surface area is 356 Å². The minimum Gasteiger partial charge on any atom is -0.456 e. The maximum atomic E-state index is 6.59. The molecule has 0 radical (unpaired) electrons. The first-order chi connectivity index (χ1) is 30.7. The molecule has 2 heterocycles. The van der Waals surface area contributed by atoms with E-state index in [0.29, 0.717) is 0 Å². The zero-order valence-corrected chi connectivity index (χ0v) is 33.5. The summed E-state index contributed by atoms with van der Waals surface area (Å²) in [6.07, 6.45) is 0. The van der Waals surface area contributed by atoms with Gasteiger partial charge < -0.3 is 18.6 Å². The number of furan rings is 2. The molecular weight excluding hydrogens is 757 g/mol. The Hall–Kier alpha value is -8.34. The van der Waals surface area contributed by atoms with Crippen LogP contribution in [0.2, 0.25) is 0 Å². The molecule has 0 atom stereocenters. The van der Waals surface area contributed by atoms with Gasteiger partial charge in [0.25, 0.3) is 0 Å². The zero-order chi connectivity index (χ0) is 40.7. The third-order valence-corrected chi connectivity index (χ3v) is 12.6. The molecule has 0 unspecified atom stereocenters. The summed E-state index contributed by atoms with van der Waals surface area (Å²) in [5.41, 5.74) is 9.84. The highest BCUT2D eigenvalue weighted by atomic mass is 16.3. The van der Waals surface area contributed by atoms with Crippen LogP contribution in [-0.4, -0.2) is 0 Å². The van der Waals surface area contributed by atoms with Crippen molar-refractivity contribution in [3.8, 4) is 0 Å². The van der Waals surface area contributed by atoms with E-state index in [1.54, 1.807) is 0 Å². The van der Waals surface area contributed by atoms with Crippen molar-refractivity contribution in [2.45, 2.75) is 0 Å². The van der Waals surface area contributed by atoms with Crippen molar-refractivity contribution in [1.29, 1.82) is 0 Å². The predicted octanol–water partition coefficient (Wildman–Crippen LogP) is 17.0. The Balaban J connectivity index is 0.991. The summed E-state index contributed by atoms with van der Waals surface area (Å²) in [6, 6.07) is 78.0. The van der Waals surface area contributed by atoms with Crippen LogP contribution in [-0.2, 0) is 0 Å². The first-order valence-corrected chi connectivity index (χ1v) is 21.1. The summed E-state index contributed by atoms with van der Waals surface area (Å²) in [5.74, 6) is 0. The van der Waals surface area contributed by atoms with E-state index in [9.17, 15) is 0 Å². The minimum atomic E-state index is 0.869. The Morgan fingerprint density at radius 1 is 0.258 bits per heavy atom. The SMILES string of the molecule is c1ccc(N(c2ccc3c(c2)oc2ccccc23)c2ccc3c(c2)c2ccccc2c2c4ccc(N(c5ccccc5)c5cccc6c5oc5ccccc56)cc4ccc32)cc1. The van der Waals surface area contributed by atoms with E-state index >= 15 is 0 Å². The van der Waals surface area contributed by atoms with Gasteiger partial charge in [-0.15, -0.1) is 0 Å². The number of benzene rings is 11. The van der Waals surface area contributed by atoms with Gasteiger partial charge in [-0.1, -0.05) is 133 Å². The molecule has 0 aliphatic heterocycles. The lowest BCUT2D eigenvalue weighted by molar-refractivity contribution is 0.668. The van der Waals surface area contributed by atoms with Crippen LogP contribution in [0.3, 0.4) is 0 Å². The molecule has 0 fully saturated rings. The van der Waals surface area contributed by atoms with Crippen LogP contribution in [0.1, 0.15) is 0 Å². The van der Waals surface area contributed by atoms with E-state index in [1.807, 2.05) is 24.3 Å². The van der Waals surface area contributed by atoms with E-state index in [-0.39, 0.29) is 0 Å². The second-order valence-electron chi connectivity index (χ2n) is 16.0. The molecule has 62 heavy (non-hydrogen) atoms. The van der Waals surface area contributed by atoms with Crippen molar-refractivity contribution in [3.63, 3.8) is 0 Å². The van der Waals surface area contributed by atoms with E-state index in [0.717, 1.165) is 78.0 Å². The van der Waals surface area contributed by atoms with E-state index in [2.05, 4.69) is 204 Å². The smallest absolute Gasteiger partial charge is 0.159 e. The van der Waals surface area contributed by atoms with Crippen LogP contribution in [0.15, 0.2) is 227 Å². The van der Waals surface area contributed by atoms with Crippen LogP contribution in [0, 0.1) is 0 Å². The number of hydrogen-bond acceptors (Lipinski definition) is 4. The highest BCUT2D eigenvalue weighted by Crippen LogP contribution is 2.46. The van der Waals surface area contributed by atoms with Crippen molar-refractivity contribution in [2.75, 3.05) is 9.80 Å². The predicted molar refractivity (Wildman–Crippen MR) is 260 cm³/mol. The lowest BCUT2D eigenvalue weighted by Gasteiger charge is -2.26. The van der Waals surface area contributed by atoms with Gasteiger partial charge in [0, 0.05) is 56.0 Å². The summed E-state index contributed by atoms with van der Waals surface area (Å²) in [4.78, 5) is 4.65. The normalized spacial score (nSPS) is 11.9. The van der Waals surface area contributed by atoms with Gasteiger partial charge >= 0.3 is 0 Å². The van der Waals surface area contributed by atoms with Gasteiger partial charge in [0.15, 0.2) is 5.58 Å². The summed E-state index contributed by atoms with van der Waals surface area (Å²) in [7, 11) is 0. The molecule has 0 saturated heterocycles. The second kappa shape index (κ2) is 13.6. The molecule has 290 valence electrons. The lowest BCUT2D eigenvalue weighted by Crippen LogP contribution is -2.10. The third kappa shape index (κ3) is 5.27. The van der Waals surface area contributed by atoms with E-state index < -0.39 is 0 Å². The standard InChI is InChI=1S/C58H36N2O2/c1-3-14-38(15-4-1)59(42-29-33-48-46-19-9-11-24-54(46)61-56(48)36-42)41-28-32-45-50-30-26-37-34-40(27-31-43(37)57(50)49-21-8-7-18-44(49)52(45)35-41)60(39-16-5-2-6-17-39)53-23-13-22-51-47-20-10-12-25-55(47)62-58(51)53/h1-36H. The molecule has 11 aromatic carbocycles. The Morgan fingerprint density at radius 3 is 1.52 bits per heavy atom. The maximum absolute atomic E-state index is 6.59. The number of rotatable bonds is 6. The fraction of sp³-hybridized carbons (Fsp3) is 0. The highest BCUT2D eigenvalue weighted by molar-refractivity contribution is 6.32. The van der Waals surface area contributed by atoms with Crippen molar-refractivity contribution < 1.29 is 8.83 Å². The Kier molecular flexibility index (Phi) is 7.57. The average Bonchev–Trinajstić information content (AvgIpc) is 3.91. The average molecular weight is 793 g/mol. The van der Waals surface area contributed by atoms with E-state index in [1.165, 1.54) is 43.1 Å². The highest BCUT2D eigenvalue weighted by Gasteiger charge is 2.21. The molecule has 0 spiro atoms. The van der Waals surface area contributed by atoms with Gasteiger partial charge in [-0.05, 0) is 122 Å². The number of para-hydroxylation sites is 5. The van der Waals surface area contributed by atoms with Gasteiger partial charge in [-0.2, -0.15) is 0 Å². The molecule has 0 amide bonds. The number of nitrogens with zero attached hydrogens (tertiary/aromatic N) is 2. The van der Waals surface area contributed by atoms with Crippen molar-refractivity contribution in [2.24, 2.45) is 0 Å². The van der Waals surface area contributed by atoms with Gasteiger partial charge in [0.1, 0.15) is 16.7 Å². The van der Waals surface area contributed by atoms with Gasteiger partial charge in [-0.3, -0.25) is 0 Å².